The average molecular weight is 278 g/mol. The molecular weight excluding hydrogens is 262 g/mol. The highest BCUT2D eigenvalue weighted by Gasteiger charge is 2.20. The second kappa shape index (κ2) is 6.01. The predicted molar refractivity (Wildman–Crippen MR) is 72.8 cm³/mol. The van der Waals surface area contributed by atoms with Crippen molar-refractivity contribution < 1.29 is 18.6 Å². The van der Waals surface area contributed by atoms with Crippen molar-refractivity contribution in [3.8, 4) is 5.75 Å². The molecule has 0 aliphatic carbocycles. The predicted octanol–water partition coefficient (Wildman–Crippen LogP) is 3.75. The van der Waals surface area contributed by atoms with Crippen LogP contribution in [0.4, 0.5) is 8.78 Å². The molecule has 20 heavy (non-hydrogen) atoms. The van der Waals surface area contributed by atoms with Gasteiger partial charge in [0.2, 0.25) is 0 Å². The average Bonchev–Trinajstić information content (AvgIpc) is 2.43. The van der Waals surface area contributed by atoms with Crippen molar-refractivity contribution >= 4 is 0 Å². The van der Waals surface area contributed by atoms with E-state index in [1.807, 2.05) is 6.92 Å². The van der Waals surface area contributed by atoms with E-state index in [-0.39, 0.29) is 11.1 Å². The summed E-state index contributed by atoms with van der Waals surface area (Å²) in [4.78, 5) is 0. The minimum atomic E-state index is -1.27. The Hall–Kier alpha value is -1.94. The lowest BCUT2D eigenvalue weighted by Crippen LogP contribution is -2.07. The summed E-state index contributed by atoms with van der Waals surface area (Å²) in [5.74, 6) is -0.722. The monoisotopic (exact) mass is 278 g/mol. The summed E-state index contributed by atoms with van der Waals surface area (Å²) in [6, 6.07) is 8.89. The molecule has 0 aromatic heterocycles. The van der Waals surface area contributed by atoms with Crippen LogP contribution < -0.4 is 4.74 Å². The van der Waals surface area contributed by atoms with E-state index in [9.17, 15) is 13.9 Å². The SMILES string of the molecule is CCOc1ccccc1C(O)c1cc(F)c(C)cc1F. The van der Waals surface area contributed by atoms with Crippen molar-refractivity contribution in [2.45, 2.75) is 20.0 Å². The first kappa shape index (κ1) is 14.5. The fourth-order valence-corrected chi connectivity index (χ4v) is 2.03. The molecule has 2 nitrogen and oxygen atoms in total. The first-order valence-electron chi connectivity index (χ1n) is 6.40. The van der Waals surface area contributed by atoms with Crippen LogP contribution in [0.5, 0.6) is 5.75 Å². The van der Waals surface area contributed by atoms with Gasteiger partial charge in [-0.15, -0.1) is 0 Å². The van der Waals surface area contributed by atoms with E-state index in [2.05, 4.69) is 0 Å². The second-order valence-corrected chi connectivity index (χ2v) is 4.50. The molecule has 0 amide bonds. The highest BCUT2D eigenvalue weighted by molar-refractivity contribution is 5.41. The van der Waals surface area contributed by atoms with Gasteiger partial charge in [-0.3, -0.25) is 0 Å². The van der Waals surface area contributed by atoms with Crippen LogP contribution >= 0.6 is 0 Å². The lowest BCUT2D eigenvalue weighted by atomic mass is 9.99. The van der Waals surface area contributed by atoms with Crippen molar-refractivity contribution in [3.63, 3.8) is 0 Å². The molecule has 106 valence electrons. The van der Waals surface area contributed by atoms with Crippen LogP contribution in [-0.4, -0.2) is 11.7 Å². The third-order valence-electron chi connectivity index (χ3n) is 3.09. The number of aliphatic hydroxyl groups excluding tert-OH is 1. The molecule has 0 saturated carbocycles. The lowest BCUT2D eigenvalue weighted by Gasteiger charge is -2.17. The summed E-state index contributed by atoms with van der Waals surface area (Å²) in [5.41, 5.74) is 0.522. The zero-order valence-corrected chi connectivity index (χ0v) is 11.4. The van der Waals surface area contributed by atoms with Gasteiger partial charge in [-0.2, -0.15) is 0 Å². The number of para-hydroxylation sites is 1. The molecular formula is C16H16F2O2. The number of halogens is 2. The first-order chi connectivity index (χ1) is 9.54. The Morgan fingerprint density at radius 1 is 1.10 bits per heavy atom. The van der Waals surface area contributed by atoms with Gasteiger partial charge in [-0.1, -0.05) is 18.2 Å². The number of aryl methyl sites for hydroxylation is 1. The van der Waals surface area contributed by atoms with Gasteiger partial charge in [0.15, 0.2) is 0 Å². The second-order valence-electron chi connectivity index (χ2n) is 4.50. The molecule has 2 aromatic rings. The van der Waals surface area contributed by atoms with Gasteiger partial charge in [0.1, 0.15) is 23.5 Å². The van der Waals surface area contributed by atoms with E-state index in [0.717, 1.165) is 12.1 Å². The molecule has 0 bridgehead atoms. The highest BCUT2D eigenvalue weighted by Crippen LogP contribution is 2.32. The van der Waals surface area contributed by atoms with Gasteiger partial charge >= 0.3 is 0 Å². The van der Waals surface area contributed by atoms with Gasteiger partial charge in [-0.05, 0) is 37.6 Å². The van der Waals surface area contributed by atoms with Crippen LogP contribution in [0, 0.1) is 18.6 Å². The van der Waals surface area contributed by atoms with Crippen molar-refractivity contribution in [2.75, 3.05) is 6.61 Å². The molecule has 0 aliphatic heterocycles. The quantitative estimate of drug-likeness (QED) is 0.923. The summed E-state index contributed by atoms with van der Waals surface area (Å²) in [6.45, 7) is 3.71. The Morgan fingerprint density at radius 3 is 2.50 bits per heavy atom. The maximum absolute atomic E-state index is 13.9. The van der Waals surface area contributed by atoms with Gasteiger partial charge in [0, 0.05) is 11.1 Å². The molecule has 2 aromatic carbocycles. The number of rotatable bonds is 4. The van der Waals surface area contributed by atoms with Crippen LogP contribution in [0.2, 0.25) is 0 Å². The highest BCUT2D eigenvalue weighted by atomic mass is 19.1. The molecule has 0 saturated heterocycles. The number of hydrogen-bond donors (Lipinski definition) is 1. The fraction of sp³-hybridized carbons (Fsp3) is 0.250. The van der Waals surface area contributed by atoms with Crippen LogP contribution in [0.25, 0.3) is 0 Å². The minimum Gasteiger partial charge on any atom is -0.493 e. The Kier molecular flexibility index (Phi) is 4.35. The van der Waals surface area contributed by atoms with E-state index in [1.165, 1.54) is 6.92 Å². The van der Waals surface area contributed by atoms with Crippen molar-refractivity contribution in [2.24, 2.45) is 0 Å². The van der Waals surface area contributed by atoms with Gasteiger partial charge < -0.3 is 9.84 Å². The normalized spacial score (nSPS) is 12.2. The van der Waals surface area contributed by atoms with Crippen LogP contribution in [0.15, 0.2) is 36.4 Å². The van der Waals surface area contributed by atoms with Crippen LogP contribution in [0.3, 0.4) is 0 Å². The molecule has 1 unspecified atom stereocenters. The smallest absolute Gasteiger partial charge is 0.129 e. The number of aliphatic hydroxyl groups is 1. The largest absolute Gasteiger partial charge is 0.493 e. The first-order valence-corrected chi connectivity index (χ1v) is 6.40. The van der Waals surface area contributed by atoms with Crippen LogP contribution in [-0.2, 0) is 0 Å². The van der Waals surface area contributed by atoms with Crippen molar-refractivity contribution in [1.29, 1.82) is 0 Å². The topological polar surface area (TPSA) is 29.5 Å². The summed E-state index contributed by atoms with van der Waals surface area (Å²) >= 11 is 0. The van der Waals surface area contributed by atoms with E-state index in [1.54, 1.807) is 24.3 Å². The molecule has 4 heteroatoms. The van der Waals surface area contributed by atoms with Gasteiger partial charge in [0.25, 0.3) is 0 Å². The summed E-state index contributed by atoms with van der Waals surface area (Å²) in [5, 5.41) is 10.3. The Labute approximate surface area is 116 Å². The Bertz CT molecular complexity index is 611. The van der Waals surface area contributed by atoms with E-state index < -0.39 is 17.7 Å². The van der Waals surface area contributed by atoms with Gasteiger partial charge in [-0.25, -0.2) is 8.78 Å². The van der Waals surface area contributed by atoms with E-state index in [4.69, 9.17) is 4.74 Å². The molecule has 0 aliphatic rings. The van der Waals surface area contributed by atoms with Gasteiger partial charge in [0.05, 0.1) is 6.61 Å². The Balaban J connectivity index is 2.46. The maximum Gasteiger partial charge on any atom is 0.129 e. The number of benzene rings is 2. The third kappa shape index (κ3) is 2.80. The number of ether oxygens (including phenoxy) is 1. The minimum absolute atomic E-state index is 0.0970. The standard InChI is InChI=1S/C16H16F2O2/c1-3-20-15-7-5-4-6-11(15)16(19)12-9-13(17)10(2)8-14(12)18/h4-9,16,19H,3H2,1-2H3. The van der Waals surface area contributed by atoms with Crippen LogP contribution in [0.1, 0.15) is 29.7 Å². The number of hydrogen-bond acceptors (Lipinski definition) is 2. The summed E-state index contributed by atoms with van der Waals surface area (Å²) in [6.07, 6.45) is -1.27. The van der Waals surface area contributed by atoms with Crippen molar-refractivity contribution in [3.05, 3.63) is 64.7 Å². The fourth-order valence-electron chi connectivity index (χ4n) is 2.03. The van der Waals surface area contributed by atoms with E-state index >= 15 is 0 Å². The zero-order valence-electron chi connectivity index (χ0n) is 11.4. The summed E-state index contributed by atoms with van der Waals surface area (Å²) in [7, 11) is 0. The molecule has 1 atom stereocenters. The lowest BCUT2D eigenvalue weighted by molar-refractivity contribution is 0.206. The molecule has 0 heterocycles. The molecule has 2 rings (SSSR count). The van der Waals surface area contributed by atoms with Crippen molar-refractivity contribution in [1.82, 2.24) is 0 Å². The summed E-state index contributed by atoms with van der Waals surface area (Å²) < 4.78 is 32.9. The van der Waals surface area contributed by atoms with E-state index in [0.29, 0.717) is 17.9 Å². The third-order valence-corrected chi connectivity index (χ3v) is 3.09. The zero-order chi connectivity index (χ0) is 14.7. The molecule has 0 spiro atoms. The maximum atomic E-state index is 13.9. The Morgan fingerprint density at radius 2 is 1.80 bits per heavy atom. The molecule has 0 fully saturated rings. The molecule has 1 N–H and O–H groups in total. The molecule has 0 radical (unpaired) electrons.